The summed E-state index contributed by atoms with van der Waals surface area (Å²) in [6.07, 6.45) is 2.84. The predicted octanol–water partition coefficient (Wildman–Crippen LogP) is 3.10. The van der Waals surface area contributed by atoms with Gasteiger partial charge < -0.3 is 4.98 Å². The highest BCUT2D eigenvalue weighted by molar-refractivity contribution is 8.00. The second kappa shape index (κ2) is 4.97. The van der Waals surface area contributed by atoms with Gasteiger partial charge in [-0.15, -0.1) is 0 Å². The Morgan fingerprint density at radius 3 is 2.88 bits per heavy atom. The van der Waals surface area contributed by atoms with E-state index in [0.29, 0.717) is 5.92 Å². The van der Waals surface area contributed by atoms with E-state index >= 15 is 0 Å². The van der Waals surface area contributed by atoms with Crippen LogP contribution in [-0.4, -0.2) is 19.3 Å². The van der Waals surface area contributed by atoms with Crippen molar-refractivity contribution in [1.82, 2.24) is 19.3 Å². The summed E-state index contributed by atoms with van der Waals surface area (Å²) in [4.78, 5) is 12.0. The second-order valence-corrected chi connectivity index (χ2v) is 5.73. The third-order valence-electron chi connectivity index (χ3n) is 2.11. The van der Waals surface area contributed by atoms with Crippen molar-refractivity contribution in [2.75, 3.05) is 0 Å². The van der Waals surface area contributed by atoms with Crippen LogP contribution in [0.15, 0.2) is 15.7 Å². The van der Waals surface area contributed by atoms with Gasteiger partial charge in [-0.3, -0.25) is 0 Å². The fourth-order valence-corrected chi connectivity index (χ4v) is 2.80. The van der Waals surface area contributed by atoms with Crippen molar-refractivity contribution in [1.29, 1.82) is 0 Å². The lowest BCUT2D eigenvalue weighted by Crippen LogP contribution is -1.88. The number of rotatable bonds is 4. The topological polar surface area (TPSA) is 54.5 Å². The van der Waals surface area contributed by atoms with Gasteiger partial charge in [-0.05, 0) is 29.7 Å². The van der Waals surface area contributed by atoms with Crippen LogP contribution in [0.5, 0.6) is 0 Å². The molecule has 0 aliphatic rings. The molecule has 0 aromatic carbocycles. The number of imidazole rings is 1. The normalized spacial score (nSPS) is 11.2. The van der Waals surface area contributed by atoms with Gasteiger partial charge >= 0.3 is 0 Å². The molecule has 0 amide bonds. The summed E-state index contributed by atoms with van der Waals surface area (Å²) >= 11 is 2.97. The first kappa shape index (κ1) is 11.6. The quantitative estimate of drug-likeness (QED) is 0.911. The van der Waals surface area contributed by atoms with Gasteiger partial charge in [0, 0.05) is 17.8 Å². The number of nitrogens with zero attached hydrogens (tertiary/aromatic N) is 3. The monoisotopic (exact) mass is 254 g/mol. The molecule has 0 spiro atoms. The van der Waals surface area contributed by atoms with E-state index in [2.05, 4.69) is 40.1 Å². The molecule has 6 heteroatoms. The summed E-state index contributed by atoms with van der Waals surface area (Å²) in [5, 5.41) is 0.892. The van der Waals surface area contributed by atoms with E-state index in [9.17, 15) is 0 Å². The fourth-order valence-electron chi connectivity index (χ4n) is 1.15. The largest absolute Gasteiger partial charge is 0.337 e. The highest BCUT2D eigenvalue weighted by Crippen LogP contribution is 2.28. The van der Waals surface area contributed by atoms with Crippen LogP contribution in [0.25, 0.3) is 0 Å². The van der Waals surface area contributed by atoms with E-state index in [1.165, 1.54) is 11.5 Å². The molecule has 0 saturated carbocycles. The van der Waals surface area contributed by atoms with Gasteiger partial charge in [0.15, 0.2) is 9.50 Å². The number of hydrogen-bond donors (Lipinski definition) is 1. The molecule has 0 fully saturated rings. The summed E-state index contributed by atoms with van der Waals surface area (Å²) in [5.41, 5.74) is 1.15. The van der Waals surface area contributed by atoms with E-state index in [1.54, 1.807) is 11.8 Å². The molecule has 0 radical (unpaired) electrons. The molecular weight excluding hydrogens is 240 g/mol. The molecule has 4 nitrogen and oxygen atoms in total. The summed E-state index contributed by atoms with van der Waals surface area (Å²) in [6, 6.07) is 0. The zero-order valence-corrected chi connectivity index (χ0v) is 11.2. The molecule has 2 rings (SSSR count). The molecule has 2 aromatic rings. The van der Waals surface area contributed by atoms with E-state index in [4.69, 9.17) is 0 Å². The van der Waals surface area contributed by atoms with E-state index in [1.807, 2.05) is 6.20 Å². The van der Waals surface area contributed by atoms with Gasteiger partial charge in [-0.2, -0.15) is 4.37 Å². The number of nitrogens with one attached hydrogen (secondary N) is 1. The third-order valence-corrected chi connectivity index (χ3v) is 3.78. The van der Waals surface area contributed by atoms with Crippen molar-refractivity contribution in [2.45, 2.75) is 42.6 Å². The summed E-state index contributed by atoms with van der Waals surface area (Å²) in [7, 11) is 0. The first-order chi connectivity index (χ1) is 7.69. The van der Waals surface area contributed by atoms with E-state index in [-0.39, 0.29) is 0 Å². The third kappa shape index (κ3) is 2.62. The van der Waals surface area contributed by atoms with Gasteiger partial charge in [0.1, 0.15) is 5.82 Å². The molecule has 1 N–H and O–H groups in total. The van der Waals surface area contributed by atoms with Crippen LogP contribution >= 0.6 is 23.3 Å². The minimum atomic E-state index is 0.383. The Morgan fingerprint density at radius 1 is 1.50 bits per heavy atom. The van der Waals surface area contributed by atoms with Crippen LogP contribution in [-0.2, 0) is 6.42 Å². The van der Waals surface area contributed by atoms with Crippen LogP contribution < -0.4 is 0 Å². The first-order valence-electron chi connectivity index (χ1n) is 5.24. The molecule has 86 valence electrons. The highest BCUT2D eigenvalue weighted by atomic mass is 32.2. The molecule has 0 atom stereocenters. The zero-order chi connectivity index (χ0) is 11.5. The minimum Gasteiger partial charge on any atom is -0.337 e. The van der Waals surface area contributed by atoms with Crippen molar-refractivity contribution in [3.8, 4) is 0 Å². The van der Waals surface area contributed by atoms with Gasteiger partial charge in [0.25, 0.3) is 0 Å². The van der Waals surface area contributed by atoms with Crippen molar-refractivity contribution >= 4 is 23.3 Å². The van der Waals surface area contributed by atoms with Crippen LogP contribution in [0.1, 0.15) is 38.2 Å². The van der Waals surface area contributed by atoms with Crippen LogP contribution in [0.3, 0.4) is 0 Å². The number of aromatic nitrogens is 4. The Balaban J connectivity index is 2.08. The van der Waals surface area contributed by atoms with Crippen molar-refractivity contribution < 1.29 is 0 Å². The fraction of sp³-hybridized carbons (Fsp3) is 0.500. The molecule has 2 heterocycles. The number of hydrogen-bond acceptors (Lipinski definition) is 5. The van der Waals surface area contributed by atoms with Crippen molar-refractivity contribution in [3.63, 3.8) is 0 Å². The Kier molecular flexibility index (Phi) is 3.60. The lowest BCUT2D eigenvalue weighted by atomic mass is 10.2. The molecular formula is C10H14N4S2. The SMILES string of the molecule is CCc1cnc(Sc2nc(C(C)C)ns2)[nH]1. The lowest BCUT2D eigenvalue weighted by Gasteiger charge is -1.94. The minimum absolute atomic E-state index is 0.383. The summed E-state index contributed by atoms with van der Waals surface area (Å²) in [6.45, 7) is 6.29. The molecule has 0 unspecified atom stereocenters. The molecule has 0 aliphatic heterocycles. The summed E-state index contributed by atoms with van der Waals surface area (Å²) < 4.78 is 5.25. The van der Waals surface area contributed by atoms with Crippen molar-refractivity contribution in [3.05, 3.63) is 17.7 Å². The number of H-pyrrole nitrogens is 1. The summed E-state index contributed by atoms with van der Waals surface area (Å²) in [5.74, 6) is 1.29. The maximum atomic E-state index is 4.45. The van der Waals surface area contributed by atoms with Crippen LogP contribution in [0, 0.1) is 0 Å². The Bertz CT molecular complexity index is 461. The maximum absolute atomic E-state index is 4.45. The predicted molar refractivity (Wildman–Crippen MR) is 66.1 cm³/mol. The second-order valence-electron chi connectivity index (χ2n) is 3.74. The maximum Gasteiger partial charge on any atom is 0.177 e. The molecule has 0 saturated heterocycles. The number of aryl methyl sites for hydroxylation is 1. The van der Waals surface area contributed by atoms with Crippen LogP contribution in [0.4, 0.5) is 0 Å². The zero-order valence-electron chi connectivity index (χ0n) is 9.52. The Labute approximate surface area is 103 Å². The van der Waals surface area contributed by atoms with Crippen LogP contribution in [0.2, 0.25) is 0 Å². The molecule has 16 heavy (non-hydrogen) atoms. The number of aromatic amines is 1. The standard InChI is InChI=1S/C10H14N4S2/c1-4-7-5-11-9(12-7)15-10-13-8(6(2)3)14-16-10/h5-6H,4H2,1-3H3,(H,11,12). The molecule has 2 aromatic heterocycles. The van der Waals surface area contributed by atoms with Gasteiger partial charge in [0.2, 0.25) is 0 Å². The lowest BCUT2D eigenvalue weighted by molar-refractivity contribution is 0.789. The Morgan fingerprint density at radius 2 is 2.31 bits per heavy atom. The van der Waals surface area contributed by atoms with E-state index < -0.39 is 0 Å². The molecule has 0 bridgehead atoms. The average molecular weight is 254 g/mol. The molecule has 0 aliphatic carbocycles. The Hall–Kier alpha value is -0.880. The van der Waals surface area contributed by atoms with Gasteiger partial charge in [0.05, 0.1) is 0 Å². The van der Waals surface area contributed by atoms with E-state index in [0.717, 1.165) is 27.4 Å². The average Bonchev–Trinajstić information content (AvgIpc) is 2.87. The smallest absolute Gasteiger partial charge is 0.177 e. The van der Waals surface area contributed by atoms with Gasteiger partial charge in [-0.25, -0.2) is 9.97 Å². The first-order valence-corrected chi connectivity index (χ1v) is 6.83. The highest BCUT2D eigenvalue weighted by Gasteiger charge is 2.10. The van der Waals surface area contributed by atoms with Crippen molar-refractivity contribution in [2.24, 2.45) is 0 Å². The van der Waals surface area contributed by atoms with Gasteiger partial charge in [-0.1, -0.05) is 20.8 Å².